The number of hydrogen-bond donors (Lipinski definition) is 3. The lowest BCUT2D eigenvalue weighted by atomic mass is 10.0. The quantitative estimate of drug-likeness (QED) is 0.694. The van der Waals surface area contributed by atoms with Crippen LogP contribution in [0.15, 0.2) is 6.33 Å². The second kappa shape index (κ2) is 6.54. The molecular weight excluding hydrogens is 228 g/mol. The molecule has 18 heavy (non-hydrogen) atoms. The molecule has 0 aromatic carbocycles. The molecule has 0 radical (unpaired) electrons. The standard InChI is InChI=1S/C13H24N4O/c1-5-7-14-11-10(2)12(16-9-15-11)17-13(3,4)6-8-18/h9,18H,5-8H2,1-4H3,(H2,14,15,16,17). The molecule has 1 aromatic heterocycles. The molecule has 3 N–H and O–H groups in total. The molecule has 1 rings (SSSR count). The fourth-order valence-electron chi connectivity index (χ4n) is 1.66. The minimum absolute atomic E-state index is 0.158. The number of aliphatic hydroxyl groups is 1. The van der Waals surface area contributed by atoms with Crippen molar-refractivity contribution >= 4 is 11.6 Å². The van der Waals surface area contributed by atoms with Gasteiger partial charge in [0.05, 0.1) is 0 Å². The number of aliphatic hydroxyl groups excluding tert-OH is 1. The van der Waals surface area contributed by atoms with Crippen LogP contribution in [0.3, 0.4) is 0 Å². The number of anilines is 2. The molecule has 0 atom stereocenters. The second-order valence-corrected chi connectivity index (χ2v) is 5.11. The number of rotatable bonds is 7. The predicted octanol–water partition coefficient (Wildman–Crippen LogP) is 2.18. The van der Waals surface area contributed by atoms with Gasteiger partial charge in [-0.05, 0) is 33.6 Å². The Morgan fingerprint density at radius 2 is 1.94 bits per heavy atom. The van der Waals surface area contributed by atoms with Crippen LogP contribution in [0.4, 0.5) is 11.6 Å². The summed E-state index contributed by atoms with van der Waals surface area (Å²) in [5, 5.41) is 15.7. The molecule has 0 unspecified atom stereocenters. The van der Waals surface area contributed by atoms with Crippen molar-refractivity contribution in [2.45, 2.75) is 46.1 Å². The van der Waals surface area contributed by atoms with Gasteiger partial charge in [-0.15, -0.1) is 0 Å². The van der Waals surface area contributed by atoms with Crippen LogP contribution in [0.1, 0.15) is 39.2 Å². The van der Waals surface area contributed by atoms with Crippen LogP contribution >= 0.6 is 0 Å². The van der Waals surface area contributed by atoms with E-state index >= 15 is 0 Å². The Morgan fingerprint density at radius 1 is 1.28 bits per heavy atom. The Morgan fingerprint density at radius 3 is 2.56 bits per heavy atom. The number of hydrogen-bond acceptors (Lipinski definition) is 5. The summed E-state index contributed by atoms with van der Waals surface area (Å²) < 4.78 is 0. The van der Waals surface area contributed by atoms with Crippen molar-refractivity contribution in [3.8, 4) is 0 Å². The van der Waals surface area contributed by atoms with Crippen molar-refractivity contribution in [2.24, 2.45) is 0 Å². The summed E-state index contributed by atoms with van der Waals surface area (Å²) in [6, 6.07) is 0. The van der Waals surface area contributed by atoms with Crippen LogP contribution in [0.2, 0.25) is 0 Å². The number of nitrogens with one attached hydrogen (secondary N) is 2. The summed E-state index contributed by atoms with van der Waals surface area (Å²) in [5.41, 5.74) is 0.826. The van der Waals surface area contributed by atoms with Gasteiger partial charge in [-0.3, -0.25) is 0 Å². The lowest BCUT2D eigenvalue weighted by molar-refractivity contribution is 0.260. The van der Waals surface area contributed by atoms with Crippen LogP contribution in [0.5, 0.6) is 0 Å². The highest BCUT2D eigenvalue weighted by Crippen LogP contribution is 2.22. The molecule has 1 heterocycles. The van der Waals surface area contributed by atoms with Crippen molar-refractivity contribution in [3.63, 3.8) is 0 Å². The van der Waals surface area contributed by atoms with E-state index in [0.29, 0.717) is 6.42 Å². The van der Waals surface area contributed by atoms with Gasteiger partial charge in [0.1, 0.15) is 18.0 Å². The van der Waals surface area contributed by atoms with E-state index in [1.165, 1.54) is 0 Å². The Bertz CT molecular complexity index is 379. The summed E-state index contributed by atoms with van der Waals surface area (Å²) in [6.45, 7) is 9.26. The first kappa shape index (κ1) is 14.7. The molecule has 0 amide bonds. The van der Waals surface area contributed by atoms with Gasteiger partial charge in [-0.1, -0.05) is 6.92 Å². The molecule has 0 saturated carbocycles. The summed E-state index contributed by atoms with van der Waals surface area (Å²) >= 11 is 0. The lowest BCUT2D eigenvalue weighted by Gasteiger charge is -2.27. The van der Waals surface area contributed by atoms with E-state index in [-0.39, 0.29) is 12.1 Å². The highest BCUT2D eigenvalue weighted by atomic mass is 16.3. The third-order valence-corrected chi connectivity index (χ3v) is 2.82. The van der Waals surface area contributed by atoms with E-state index in [4.69, 9.17) is 5.11 Å². The number of nitrogens with zero attached hydrogens (tertiary/aromatic N) is 2. The topological polar surface area (TPSA) is 70.1 Å². The Hall–Kier alpha value is -1.36. The second-order valence-electron chi connectivity index (χ2n) is 5.11. The molecule has 0 aliphatic carbocycles. The Labute approximate surface area is 109 Å². The smallest absolute Gasteiger partial charge is 0.134 e. The van der Waals surface area contributed by atoms with Crippen LogP contribution < -0.4 is 10.6 Å². The van der Waals surface area contributed by atoms with Crippen LogP contribution in [-0.2, 0) is 0 Å². The van der Waals surface area contributed by atoms with Gasteiger partial charge >= 0.3 is 0 Å². The van der Waals surface area contributed by atoms with Crippen molar-refractivity contribution in [1.29, 1.82) is 0 Å². The van der Waals surface area contributed by atoms with Crippen molar-refractivity contribution in [3.05, 3.63) is 11.9 Å². The van der Waals surface area contributed by atoms with E-state index in [1.54, 1.807) is 6.33 Å². The maximum atomic E-state index is 9.03. The fraction of sp³-hybridized carbons (Fsp3) is 0.692. The molecule has 0 saturated heterocycles. The van der Waals surface area contributed by atoms with Gasteiger partial charge in [0, 0.05) is 24.3 Å². The fourth-order valence-corrected chi connectivity index (χ4v) is 1.66. The van der Waals surface area contributed by atoms with E-state index in [9.17, 15) is 0 Å². The van der Waals surface area contributed by atoms with Gasteiger partial charge in [-0.25, -0.2) is 9.97 Å². The summed E-state index contributed by atoms with van der Waals surface area (Å²) in [5.74, 6) is 1.69. The van der Waals surface area contributed by atoms with E-state index in [0.717, 1.165) is 30.2 Å². The van der Waals surface area contributed by atoms with E-state index in [2.05, 4.69) is 27.5 Å². The molecule has 0 aliphatic heterocycles. The van der Waals surface area contributed by atoms with Gasteiger partial charge < -0.3 is 15.7 Å². The zero-order valence-electron chi connectivity index (χ0n) is 11.7. The van der Waals surface area contributed by atoms with Gasteiger partial charge in [0.25, 0.3) is 0 Å². The maximum Gasteiger partial charge on any atom is 0.134 e. The number of aromatic nitrogens is 2. The maximum absolute atomic E-state index is 9.03. The minimum Gasteiger partial charge on any atom is -0.396 e. The molecule has 0 aliphatic rings. The average molecular weight is 252 g/mol. The zero-order valence-corrected chi connectivity index (χ0v) is 11.7. The average Bonchev–Trinajstić information content (AvgIpc) is 2.30. The van der Waals surface area contributed by atoms with Crippen LogP contribution in [0.25, 0.3) is 0 Å². The van der Waals surface area contributed by atoms with Crippen molar-refractivity contribution in [1.82, 2.24) is 9.97 Å². The third-order valence-electron chi connectivity index (χ3n) is 2.82. The molecule has 0 fully saturated rings. The third kappa shape index (κ3) is 4.14. The molecule has 5 nitrogen and oxygen atoms in total. The van der Waals surface area contributed by atoms with Crippen LogP contribution in [0, 0.1) is 6.92 Å². The highest BCUT2D eigenvalue weighted by Gasteiger charge is 2.19. The van der Waals surface area contributed by atoms with Crippen LogP contribution in [-0.4, -0.2) is 33.8 Å². The molecule has 0 spiro atoms. The first-order valence-corrected chi connectivity index (χ1v) is 6.44. The SMILES string of the molecule is CCCNc1ncnc(NC(C)(C)CCO)c1C. The molecule has 0 bridgehead atoms. The van der Waals surface area contributed by atoms with Crippen molar-refractivity contribution in [2.75, 3.05) is 23.8 Å². The van der Waals surface area contributed by atoms with Gasteiger partial charge in [-0.2, -0.15) is 0 Å². The molecule has 1 aromatic rings. The van der Waals surface area contributed by atoms with Gasteiger partial charge in [0.15, 0.2) is 0 Å². The molecule has 102 valence electrons. The summed E-state index contributed by atoms with van der Waals surface area (Å²) in [4.78, 5) is 8.51. The Balaban J connectivity index is 2.83. The predicted molar refractivity (Wildman–Crippen MR) is 75.0 cm³/mol. The zero-order chi connectivity index (χ0) is 13.6. The van der Waals surface area contributed by atoms with Gasteiger partial charge in [0.2, 0.25) is 0 Å². The minimum atomic E-state index is -0.185. The largest absolute Gasteiger partial charge is 0.396 e. The monoisotopic (exact) mass is 252 g/mol. The first-order valence-electron chi connectivity index (χ1n) is 6.44. The van der Waals surface area contributed by atoms with E-state index in [1.807, 2.05) is 20.8 Å². The highest BCUT2D eigenvalue weighted by molar-refractivity contribution is 5.57. The molecule has 5 heteroatoms. The Kier molecular flexibility index (Phi) is 5.34. The summed E-state index contributed by atoms with van der Waals surface area (Å²) in [7, 11) is 0. The summed E-state index contributed by atoms with van der Waals surface area (Å²) in [6.07, 6.45) is 3.29. The van der Waals surface area contributed by atoms with Crippen molar-refractivity contribution < 1.29 is 5.11 Å². The molecular formula is C13H24N4O. The first-order chi connectivity index (χ1) is 8.50. The lowest BCUT2D eigenvalue weighted by Crippen LogP contribution is -2.32. The normalized spacial score (nSPS) is 11.4. The van der Waals surface area contributed by atoms with E-state index < -0.39 is 0 Å².